The fourth-order valence-corrected chi connectivity index (χ4v) is 1.66. The molecule has 0 aliphatic rings. The molecule has 0 fully saturated rings. The summed E-state index contributed by atoms with van der Waals surface area (Å²) in [4.78, 5) is 16.0. The first kappa shape index (κ1) is 14.3. The Hall–Kier alpha value is -2.08. The van der Waals surface area contributed by atoms with Gasteiger partial charge in [-0.25, -0.2) is 4.98 Å². The fourth-order valence-electron chi connectivity index (χ4n) is 1.54. The highest BCUT2D eigenvalue weighted by Gasteiger charge is 2.29. The molecule has 20 heavy (non-hydrogen) atoms. The second-order valence-corrected chi connectivity index (χ2v) is 5.12. The van der Waals surface area contributed by atoms with E-state index in [0.717, 1.165) is 0 Å². The van der Waals surface area contributed by atoms with Gasteiger partial charge in [-0.15, -0.1) is 0 Å². The highest BCUT2D eigenvalue weighted by atomic mass is 35.5. The van der Waals surface area contributed by atoms with Crippen LogP contribution in [0.25, 0.3) is 0 Å². The van der Waals surface area contributed by atoms with E-state index in [1.165, 1.54) is 6.33 Å². The van der Waals surface area contributed by atoms with Gasteiger partial charge in [-0.1, -0.05) is 11.6 Å². The smallest absolute Gasteiger partial charge is 0.263 e. The van der Waals surface area contributed by atoms with Gasteiger partial charge in [-0.2, -0.15) is 5.10 Å². The van der Waals surface area contributed by atoms with Crippen LogP contribution < -0.4 is 10.1 Å². The summed E-state index contributed by atoms with van der Waals surface area (Å²) >= 11 is 5.80. The molecule has 0 aliphatic carbocycles. The molecular weight excluding hydrogens is 280 g/mol. The molecule has 1 amide bonds. The number of nitrogens with zero attached hydrogens (tertiary/aromatic N) is 2. The highest BCUT2D eigenvalue weighted by molar-refractivity contribution is 6.30. The number of hydrogen-bond donors (Lipinski definition) is 2. The lowest BCUT2D eigenvalue weighted by molar-refractivity contribution is -0.134. The average molecular weight is 295 g/mol. The second kappa shape index (κ2) is 5.92. The Morgan fingerprint density at radius 2 is 2.10 bits per heavy atom. The summed E-state index contributed by atoms with van der Waals surface area (Å²) in [6.45, 7) is 3.65. The first-order chi connectivity index (χ1) is 9.47. The topological polar surface area (TPSA) is 79.9 Å². The molecule has 2 N–H and O–H groups in total. The van der Waals surface area contributed by atoms with E-state index in [9.17, 15) is 4.79 Å². The maximum atomic E-state index is 12.1. The van der Waals surface area contributed by atoms with Gasteiger partial charge in [-0.05, 0) is 38.1 Å². The van der Waals surface area contributed by atoms with Crippen LogP contribution in [0.2, 0.25) is 5.02 Å². The van der Waals surface area contributed by atoms with Crippen molar-refractivity contribution in [1.29, 1.82) is 0 Å². The SMILES string of the molecule is CC(C)(Oc1ccc(Cl)cc1)C(=O)NCc1ncn[nH]1. The zero-order valence-corrected chi connectivity index (χ0v) is 11.9. The number of amides is 1. The molecule has 106 valence electrons. The van der Waals surface area contributed by atoms with Crippen molar-refractivity contribution >= 4 is 17.5 Å². The highest BCUT2D eigenvalue weighted by Crippen LogP contribution is 2.21. The molecule has 1 aromatic heterocycles. The van der Waals surface area contributed by atoms with Crippen molar-refractivity contribution in [2.45, 2.75) is 26.0 Å². The number of aromatic nitrogens is 3. The minimum absolute atomic E-state index is 0.246. The van der Waals surface area contributed by atoms with Gasteiger partial charge < -0.3 is 10.1 Å². The van der Waals surface area contributed by atoms with Gasteiger partial charge in [0, 0.05) is 5.02 Å². The monoisotopic (exact) mass is 294 g/mol. The molecule has 2 aromatic rings. The van der Waals surface area contributed by atoms with Crippen molar-refractivity contribution in [2.75, 3.05) is 0 Å². The molecular formula is C13H15ClN4O2. The zero-order valence-electron chi connectivity index (χ0n) is 11.2. The summed E-state index contributed by atoms with van der Waals surface area (Å²) < 4.78 is 5.67. The van der Waals surface area contributed by atoms with Crippen LogP contribution in [0, 0.1) is 0 Å². The Labute approximate surface area is 121 Å². The molecule has 0 bridgehead atoms. The first-order valence-electron chi connectivity index (χ1n) is 6.04. The Balaban J connectivity index is 1.94. The van der Waals surface area contributed by atoms with Gasteiger partial charge >= 0.3 is 0 Å². The zero-order chi connectivity index (χ0) is 14.6. The summed E-state index contributed by atoms with van der Waals surface area (Å²) in [7, 11) is 0. The van der Waals surface area contributed by atoms with Crippen LogP contribution in [0.1, 0.15) is 19.7 Å². The number of H-pyrrole nitrogens is 1. The summed E-state index contributed by atoms with van der Waals surface area (Å²) in [5, 5.41) is 9.72. The number of carbonyl (C=O) groups is 1. The van der Waals surface area contributed by atoms with Crippen LogP contribution in [0.15, 0.2) is 30.6 Å². The van der Waals surface area contributed by atoms with Crippen LogP contribution in [-0.4, -0.2) is 26.7 Å². The van der Waals surface area contributed by atoms with E-state index in [1.807, 2.05) is 0 Å². The molecule has 6 nitrogen and oxygen atoms in total. The Kier molecular flexibility index (Phi) is 4.24. The van der Waals surface area contributed by atoms with Gasteiger partial charge in [0.15, 0.2) is 5.60 Å². The normalized spacial score (nSPS) is 11.2. The van der Waals surface area contributed by atoms with E-state index in [2.05, 4.69) is 20.5 Å². The molecule has 0 spiro atoms. The van der Waals surface area contributed by atoms with Gasteiger partial charge in [0.2, 0.25) is 0 Å². The van der Waals surface area contributed by atoms with E-state index < -0.39 is 5.60 Å². The number of carbonyl (C=O) groups excluding carboxylic acids is 1. The van der Waals surface area contributed by atoms with E-state index in [-0.39, 0.29) is 12.5 Å². The number of ether oxygens (including phenoxy) is 1. The maximum absolute atomic E-state index is 12.1. The Morgan fingerprint density at radius 3 is 2.70 bits per heavy atom. The minimum atomic E-state index is -1.01. The summed E-state index contributed by atoms with van der Waals surface area (Å²) in [5.74, 6) is 0.915. The molecule has 1 aromatic carbocycles. The molecule has 0 atom stereocenters. The van der Waals surface area contributed by atoms with Gasteiger partial charge in [0.25, 0.3) is 5.91 Å². The van der Waals surface area contributed by atoms with Gasteiger partial charge in [0.05, 0.1) is 6.54 Å². The minimum Gasteiger partial charge on any atom is -0.478 e. The van der Waals surface area contributed by atoms with Gasteiger partial charge in [0.1, 0.15) is 17.9 Å². The van der Waals surface area contributed by atoms with Crippen LogP contribution in [0.3, 0.4) is 0 Å². The van der Waals surface area contributed by atoms with Crippen molar-refractivity contribution in [1.82, 2.24) is 20.5 Å². The molecule has 2 rings (SSSR count). The van der Waals surface area contributed by atoms with Crippen molar-refractivity contribution in [3.05, 3.63) is 41.4 Å². The third-order valence-electron chi connectivity index (χ3n) is 2.61. The molecule has 7 heteroatoms. The van der Waals surface area contributed by atoms with Crippen molar-refractivity contribution in [3.8, 4) is 5.75 Å². The lowest BCUT2D eigenvalue weighted by Gasteiger charge is -2.25. The molecule has 0 unspecified atom stereocenters. The van der Waals surface area contributed by atoms with Crippen LogP contribution >= 0.6 is 11.6 Å². The Bertz CT molecular complexity index is 567. The first-order valence-corrected chi connectivity index (χ1v) is 6.42. The summed E-state index contributed by atoms with van der Waals surface area (Å²) in [6.07, 6.45) is 1.39. The Morgan fingerprint density at radius 1 is 1.40 bits per heavy atom. The molecule has 1 heterocycles. The number of nitrogens with one attached hydrogen (secondary N) is 2. The summed E-state index contributed by atoms with van der Waals surface area (Å²) in [5.41, 5.74) is -1.01. The third-order valence-corrected chi connectivity index (χ3v) is 2.87. The second-order valence-electron chi connectivity index (χ2n) is 4.68. The van der Waals surface area contributed by atoms with Crippen LogP contribution in [0.5, 0.6) is 5.75 Å². The lowest BCUT2D eigenvalue weighted by Crippen LogP contribution is -2.46. The average Bonchev–Trinajstić information content (AvgIpc) is 2.91. The number of rotatable bonds is 5. The van der Waals surface area contributed by atoms with Crippen molar-refractivity contribution in [3.63, 3.8) is 0 Å². The number of halogens is 1. The summed E-state index contributed by atoms with van der Waals surface area (Å²) in [6, 6.07) is 6.85. The number of hydrogen-bond acceptors (Lipinski definition) is 4. The molecule has 0 saturated heterocycles. The largest absolute Gasteiger partial charge is 0.478 e. The number of aromatic amines is 1. The molecule has 0 aliphatic heterocycles. The molecule has 0 saturated carbocycles. The molecule has 0 radical (unpaired) electrons. The van der Waals surface area contributed by atoms with Crippen LogP contribution in [-0.2, 0) is 11.3 Å². The standard InChI is InChI=1S/C13H15ClN4O2/c1-13(2,20-10-5-3-9(14)4-6-10)12(19)15-7-11-16-8-17-18-11/h3-6,8H,7H2,1-2H3,(H,15,19)(H,16,17,18). The lowest BCUT2D eigenvalue weighted by atomic mass is 10.1. The predicted molar refractivity (Wildman–Crippen MR) is 74.4 cm³/mol. The van der Waals surface area contributed by atoms with E-state index in [4.69, 9.17) is 16.3 Å². The maximum Gasteiger partial charge on any atom is 0.263 e. The third kappa shape index (κ3) is 3.71. The van der Waals surface area contributed by atoms with Crippen LogP contribution in [0.4, 0.5) is 0 Å². The van der Waals surface area contributed by atoms with Crippen molar-refractivity contribution in [2.24, 2.45) is 0 Å². The van der Waals surface area contributed by atoms with Crippen molar-refractivity contribution < 1.29 is 9.53 Å². The quantitative estimate of drug-likeness (QED) is 0.883. The predicted octanol–water partition coefficient (Wildman–Crippen LogP) is 1.93. The fraction of sp³-hybridized carbons (Fsp3) is 0.308. The van der Waals surface area contributed by atoms with E-state index in [1.54, 1.807) is 38.1 Å². The van der Waals surface area contributed by atoms with E-state index >= 15 is 0 Å². The number of benzene rings is 1. The van der Waals surface area contributed by atoms with Gasteiger partial charge in [-0.3, -0.25) is 9.89 Å². The van der Waals surface area contributed by atoms with E-state index in [0.29, 0.717) is 16.6 Å².